The first kappa shape index (κ1) is 17.0. The van der Waals surface area contributed by atoms with Gasteiger partial charge in [-0.2, -0.15) is 0 Å². The number of aliphatic imine (C=N–C) groups is 1. The quantitative estimate of drug-likeness (QED) is 0.432. The third-order valence-electron chi connectivity index (χ3n) is 3.46. The molecule has 0 saturated heterocycles. The molecule has 1 aliphatic rings. The fraction of sp³-hybridized carbons (Fsp3) is 0.917. The Morgan fingerprint density at radius 2 is 1.94 bits per heavy atom. The molecule has 1 fully saturated rings. The van der Waals surface area contributed by atoms with Crippen molar-refractivity contribution in [2.45, 2.75) is 33.1 Å². The molecule has 0 aromatic heterocycles. The lowest BCUT2D eigenvalue weighted by Crippen LogP contribution is -2.37. The number of halogens is 1. The molecule has 1 saturated carbocycles. The van der Waals surface area contributed by atoms with Gasteiger partial charge < -0.3 is 15.4 Å². The van der Waals surface area contributed by atoms with Crippen LogP contribution in [-0.4, -0.2) is 44.2 Å². The van der Waals surface area contributed by atoms with Crippen LogP contribution in [0.2, 0.25) is 0 Å². The number of methoxy groups -OCH3 is 1. The second kappa shape index (κ2) is 8.13. The maximum absolute atomic E-state index is 5.95. The molecule has 0 spiro atoms. The highest BCUT2D eigenvalue weighted by Gasteiger charge is 2.41. The molecule has 102 valence electrons. The van der Waals surface area contributed by atoms with Crippen LogP contribution in [0.15, 0.2) is 4.99 Å². The highest BCUT2D eigenvalue weighted by Crippen LogP contribution is 2.48. The molecule has 1 rings (SSSR count). The van der Waals surface area contributed by atoms with Crippen LogP contribution in [0, 0.1) is 5.41 Å². The molecule has 4 nitrogen and oxygen atoms in total. The summed E-state index contributed by atoms with van der Waals surface area (Å²) in [6, 6.07) is 0. The van der Waals surface area contributed by atoms with Crippen molar-refractivity contribution in [3.8, 4) is 0 Å². The average molecular weight is 355 g/mol. The summed E-state index contributed by atoms with van der Waals surface area (Å²) in [6.45, 7) is 7.75. The lowest BCUT2D eigenvalue weighted by atomic mass is 10.0. The predicted octanol–water partition coefficient (Wildman–Crippen LogP) is 2.08. The van der Waals surface area contributed by atoms with Crippen LogP contribution >= 0.6 is 24.0 Å². The summed E-state index contributed by atoms with van der Waals surface area (Å²) < 4.78 is 5.12. The van der Waals surface area contributed by atoms with Crippen molar-refractivity contribution in [2.75, 3.05) is 33.4 Å². The van der Waals surface area contributed by atoms with Crippen LogP contribution in [0.4, 0.5) is 0 Å². The van der Waals surface area contributed by atoms with E-state index in [9.17, 15) is 0 Å². The molecule has 0 unspecified atom stereocenters. The van der Waals surface area contributed by atoms with Gasteiger partial charge in [0.1, 0.15) is 0 Å². The van der Waals surface area contributed by atoms with E-state index in [4.69, 9.17) is 10.5 Å². The van der Waals surface area contributed by atoms with Crippen LogP contribution in [-0.2, 0) is 4.74 Å². The molecule has 17 heavy (non-hydrogen) atoms. The standard InChI is InChI=1S/C12H25N3O.HI/c1-4-15(5-2)11(13)14-10-12(6-7-12)8-9-16-3;/h4-10H2,1-3H3,(H2,13,14);1H. The highest BCUT2D eigenvalue weighted by atomic mass is 127. The van der Waals surface area contributed by atoms with Gasteiger partial charge in [0, 0.05) is 33.4 Å². The van der Waals surface area contributed by atoms with Crippen LogP contribution in [0.3, 0.4) is 0 Å². The maximum atomic E-state index is 5.95. The predicted molar refractivity (Wildman–Crippen MR) is 83.0 cm³/mol. The highest BCUT2D eigenvalue weighted by molar-refractivity contribution is 14.0. The van der Waals surface area contributed by atoms with E-state index in [0.717, 1.165) is 32.7 Å². The van der Waals surface area contributed by atoms with Gasteiger partial charge in [-0.3, -0.25) is 4.99 Å². The molecule has 0 radical (unpaired) electrons. The van der Waals surface area contributed by atoms with Crippen molar-refractivity contribution in [3.05, 3.63) is 0 Å². The molecule has 0 bridgehead atoms. The van der Waals surface area contributed by atoms with E-state index in [2.05, 4.69) is 23.7 Å². The summed E-state index contributed by atoms with van der Waals surface area (Å²) in [5, 5.41) is 0. The summed E-state index contributed by atoms with van der Waals surface area (Å²) in [4.78, 5) is 6.61. The summed E-state index contributed by atoms with van der Waals surface area (Å²) in [6.07, 6.45) is 3.65. The van der Waals surface area contributed by atoms with E-state index in [-0.39, 0.29) is 24.0 Å². The Labute approximate surface area is 122 Å². The van der Waals surface area contributed by atoms with Crippen molar-refractivity contribution in [1.29, 1.82) is 0 Å². The normalized spacial score (nSPS) is 17.5. The minimum Gasteiger partial charge on any atom is -0.385 e. The van der Waals surface area contributed by atoms with E-state index in [1.807, 2.05) is 0 Å². The zero-order valence-electron chi connectivity index (χ0n) is 11.2. The van der Waals surface area contributed by atoms with E-state index >= 15 is 0 Å². The molecule has 0 aliphatic heterocycles. The maximum Gasteiger partial charge on any atom is 0.191 e. The first-order chi connectivity index (χ1) is 7.67. The number of guanidine groups is 1. The van der Waals surface area contributed by atoms with Crippen molar-refractivity contribution in [2.24, 2.45) is 16.1 Å². The second-order valence-corrected chi connectivity index (χ2v) is 4.59. The minimum absolute atomic E-state index is 0. The molecule has 0 aromatic rings. The zero-order chi connectivity index (χ0) is 12.0. The van der Waals surface area contributed by atoms with E-state index in [1.54, 1.807) is 7.11 Å². The van der Waals surface area contributed by atoms with Gasteiger partial charge in [-0.05, 0) is 38.5 Å². The fourth-order valence-corrected chi connectivity index (χ4v) is 1.88. The topological polar surface area (TPSA) is 50.8 Å². The SMILES string of the molecule is CCN(CC)C(N)=NCC1(CCOC)CC1.I. The van der Waals surface area contributed by atoms with Gasteiger partial charge >= 0.3 is 0 Å². The first-order valence-corrected chi connectivity index (χ1v) is 6.21. The lowest BCUT2D eigenvalue weighted by Gasteiger charge is -2.20. The molecule has 1 aliphatic carbocycles. The summed E-state index contributed by atoms with van der Waals surface area (Å²) in [5.74, 6) is 0.689. The van der Waals surface area contributed by atoms with E-state index in [1.165, 1.54) is 12.8 Å². The van der Waals surface area contributed by atoms with Gasteiger partial charge in [0.25, 0.3) is 0 Å². The van der Waals surface area contributed by atoms with Crippen molar-refractivity contribution in [3.63, 3.8) is 0 Å². The zero-order valence-corrected chi connectivity index (χ0v) is 13.6. The molecule has 5 heteroatoms. The summed E-state index contributed by atoms with van der Waals surface area (Å²) in [5.41, 5.74) is 6.34. The number of hydrogen-bond acceptors (Lipinski definition) is 2. The summed E-state index contributed by atoms with van der Waals surface area (Å²) in [7, 11) is 1.75. The Morgan fingerprint density at radius 1 is 1.35 bits per heavy atom. The Morgan fingerprint density at radius 3 is 2.35 bits per heavy atom. The number of nitrogens with zero attached hydrogens (tertiary/aromatic N) is 2. The van der Waals surface area contributed by atoms with Crippen molar-refractivity contribution >= 4 is 29.9 Å². The van der Waals surface area contributed by atoms with Crippen LogP contribution < -0.4 is 5.73 Å². The van der Waals surface area contributed by atoms with Crippen LogP contribution in [0.25, 0.3) is 0 Å². The Bertz CT molecular complexity index is 238. The molecular weight excluding hydrogens is 329 g/mol. The smallest absolute Gasteiger partial charge is 0.191 e. The number of nitrogens with two attached hydrogens (primary N) is 1. The van der Waals surface area contributed by atoms with Gasteiger partial charge in [-0.1, -0.05) is 0 Å². The lowest BCUT2D eigenvalue weighted by molar-refractivity contribution is 0.174. The monoisotopic (exact) mass is 355 g/mol. The molecule has 0 amide bonds. The minimum atomic E-state index is 0. The number of hydrogen-bond donors (Lipinski definition) is 1. The molecule has 0 heterocycles. The van der Waals surface area contributed by atoms with Crippen molar-refractivity contribution < 1.29 is 4.74 Å². The average Bonchev–Trinajstić information content (AvgIpc) is 3.06. The van der Waals surface area contributed by atoms with Gasteiger partial charge in [-0.25, -0.2) is 0 Å². The third kappa shape index (κ3) is 5.42. The Hall–Kier alpha value is -0.0400. The molecule has 0 aromatic carbocycles. The number of rotatable bonds is 7. The van der Waals surface area contributed by atoms with Crippen LogP contribution in [0.5, 0.6) is 0 Å². The number of ether oxygens (including phenoxy) is 1. The molecule has 2 N–H and O–H groups in total. The van der Waals surface area contributed by atoms with E-state index < -0.39 is 0 Å². The summed E-state index contributed by atoms with van der Waals surface area (Å²) >= 11 is 0. The molecular formula is C12H26IN3O. The fourth-order valence-electron chi connectivity index (χ4n) is 1.88. The van der Waals surface area contributed by atoms with Gasteiger partial charge in [0.05, 0.1) is 0 Å². The Balaban J connectivity index is 0.00000256. The van der Waals surface area contributed by atoms with Gasteiger partial charge in [-0.15, -0.1) is 24.0 Å². The second-order valence-electron chi connectivity index (χ2n) is 4.59. The first-order valence-electron chi connectivity index (χ1n) is 6.21. The van der Waals surface area contributed by atoms with Crippen molar-refractivity contribution in [1.82, 2.24) is 4.90 Å². The van der Waals surface area contributed by atoms with Crippen LogP contribution in [0.1, 0.15) is 33.1 Å². The van der Waals surface area contributed by atoms with E-state index in [0.29, 0.717) is 11.4 Å². The largest absolute Gasteiger partial charge is 0.385 e. The van der Waals surface area contributed by atoms with Gasteiger partial charge in [0.15, 0.2) is 5.96 Å². The van der Waals surface area contributed by atoms with Gasteiger partial charge in [0.2, 0.25) is 0 Å². The Kier molecular flexibility index (Phi) is 8.11. The molecule has 0 atom stereocenters. The third-order valence-corrected chi connectivity index (χ3v) is 3.46.